The summed E-state index contributed by atoms with van der Waals surface area (Å²) >= 11 is 0. The molecule has 0 amide bonds. The van der Waals surface area contributed by atoms with Gasteiger partial charge in [-0.2, -0.15) is 0 Å². The van der Waals surface area contributed by atoms with Crippen molar-refractivity contribution in [2.75, 3.05) is 13.7 Å². The zero-order chi connectivity index (χ0) is 19.6. The van der Waals surface area contributed by atoms with Gasteiger partial charge in [0, 0.05) is 18.5 Å². The van der Waals surface area contributed by atoms with Crippen molar-refractivity contribution in [2.45, 2.75) is 49.4 Å². The van der Waals surface area contributed by atoms with Crippen LogP contribution in [0.3, 0.4) is 0 Å². The Morgan fingerprint density at radius 2 is 1.86 bits per heavy atom. The Balaban J connectivity index is 1.55. The highest BCUT2D eigenvalue weighted by Crippen LogP contribution is 2.37. The van der Waals surface area contributed by atoms with Crippen LogP contribution in [0.1, 0.15) is 41.9 Å². The van der Waals surface area contributed by atoms with Crippen LogP contribution in [-0.4, -0.2) is 33.4 Å². The maximum Gasteiger partial charge on any atom is 0.214 e. The molecule has 1 heterocycles. The van der Waals surface area contributed by atoms with Gasteiger partial charge in [0.15, 0.2) is 0 Å². The zero-order valence-corrected chi connectivity index (χ0v) is 17.0. The molecule has 150 valence electrons. The first-order chi connectivity index (χ1) is 13.6. The number of fused-ring (bicyclic) bond motifs is 1. The van der Waals surface area contributed by atoms with Gasteiger partial charge in [-0.1, -0.05) is 48.9 Å². The average molecular weight is 401 g/mol. The maximum absolute atomic E-state index is 12.3. The minimum absolute atomic E-state index is 0.215. The molecule has 2 atom stereocenters. The fraction of sp³-hybridized carbons (Fsp3) is 0.455. The molecule has 0 bridgehead atoms. The highest BCUT2D eigenvalue weighted by molar-refractivity contribution is 7.90. The molecule has 1 aliphatic heterocycles. The molecule has 0 saturated heterocycles. The van der Waals surface area contributed by atoms with E-state index in [1.54, 1.807) is 0 Å². The van der Waals surface area contributed by atoms with Crippen LogP contribution in [0.4, 0.5) is 0 Å². The topological polar surface area (TPSA) is 67.4 Å². The average Bonchev–Trinajstić information content (AvgIpc) is 2.66. The Hall–Kier alpha value is -1.89. The van der Waals surface area contributed by atoms with Gasteiger partial charge < -0.3 is 10.1 Å². The van der Waals surface area contributed by atoms with Crippen molar-refractivity contribution in [2.24, 2.45) is 0 Å². The normalized spacial score (nSPS) is 22.2. The zero-order valence-electron chi connectivity index (χ0n) is 16.2. The molecule has 2 aromatic rings. The maximum atomic E-state index is 12.3. The molecule has 4 rings (SSSR count). The number of hydrogen-bond donors (Lipinski definition) is 2. The van der Waals surface area contributed by atoms with Gasteiger partial charge >= 0.3 is 0 Å². The van der Waals surface area contributed by atoms with E-state index < -0.39 is 10.0 Å². The smallest absolute Gasteiger partial charge is 0.214 e. The van der Waals surface area contributed by atoms with E-state index in [9.17, 15) is 8.42 Å². The van der Waals surface area contributed by atoms with Crippen molar-refractivity contribution in [1.29, 1.82) is 0 Å². The second-order valence-electron chi connectivity index (χ2n) is 7.79. The summed E-state index contributed by atoms with van der Waals surface area (Å²) in [5.41, 5.74) is 3.41. The van der Waals surface area contributed by atoms with Crippen LogP contribution in [0.25, 0.3) is 0 Å². The van der Waals surface area contributed by atoms with Gasteiger partial charge in [0.1, 0.15) is 12.4 Å². The molecule has 6 heteroatoms. The molecule has 0 aromatic heterocycles. The molecule has 0 radical (unpaired) electrons. The van der Waals surface area contributed by atoms with Crippen molar-refractivity contribution in [1.82, 2.24) is 10.0 Å². The van der Waals surface area contributed by atoms with E-state index in [-0.39, 0.29) is 17.2 Å². The number of likely N-dealkylation sites (N-methyl/N-ethyl adjacent to an activating group) is 1. The van der Waals surface area contributed by atoms with E-state index in [2.05, 4.69) is 40.4 Å². The lowest BCUT2D eigenvalue weighted by atomic mass is 9.83. The Morgan fingerprint density at radius 3 is 2.54 bits per heavy atom. The molecule has 5 nitrogen and oxygen atoms in total. The van der Waals surface area contributed by atoms with Crippen molar-refractivity contribution in [3.8, 4) is 5.75 Å². The summed E-state index contributed by atoms with van der Waals surface area (Å²) < 4.78 is 33.4. The largest absolute Gasteiger partial charge is 0.492 e. The van der Waals surface area contributed by atoms with Gasteiger partial charge in [0.25, 0.3) is 0 Å². The predicted molar refractivity (Wildman–Crippen MR) is 111 cm³/mol. The Morgan fingerprint density at radius 1 is 1.07 bits per heavy atom. The molecule has 2 N–H and O–H groups in total. The lowest BCUT2D eigenvalue weighted by Gasteiger charge is -2.34. The Kier molecular flexibility index (Phi) is 5.71. The van der Waals surface area contributed by atoms with Crippen LogP contribution in [0.5, 0.6) is 5.75 Å². The van der Waals surface area contributed by atoms with Gasteiger partial charge in [0.05, 0.1) is 5.25 Å². The molecule has 1 aliphatic carbocycles. The summed E-state index contributed by atoms with van der Waals surface area (Å²) in [5.74, 6) is 1.18. The third-order valence-corrected chi connectivity index (χ3v) is 7.91. The highest BCUT2D eigenvalue weighted by atomic mass is 32.2. The lowest BCUT2D eigenvalue weighted by molar-refractivity contribution is 0.218. The summed E-state index contributed by atoms with van der Waals surface area (Å²) in [6.07, 6.45) is 3.47. The fourth-order valence-corrected chi connectivity index (χ4v) is 5.59. The van der Waals surface area contributed by atoms with Crippen LogP contribution in [-0.2, 0) is 23.0 Å². The van der Waals surface area contributed by atoms with Gasteiger partial charge in [-0.25, -0.2) is 13.1 Å². The van der Waals surface area contributed by atoms with Gasteiger partial charge in [0.2, 0.25) is 10.0 Å². The molecule has 2 aromatic carbocycles. The van der Waals surface area contributed by atoms with E-state index >= 15 is 0 Å². The predicted octanol–water partition coefficient (Wildman–Crippen LogP) is 2.97. The number of benzene rings is 2. The van der Waals surface area contributed by atoms with Crippen LogP contribution in [0.15, 0.2) is 48.5 Å². The quantitative estimate of drug-likeness (QED) is 0.750. The molecule has 1 fully saturated rings. The highest BCUT2D eigenvalue weighted by Gasteiger charge is 2.32. The van der Waals surface area contributed by atoms with Crippen molar-refractivity contribution in [3.05, 3.63) is 65.2 Å². The lowest BCUT2D eigenvalue weighted by Crippen LogP contribution is -2.41. The number of sulfonamides is 1. The number of ether oxygens (including phenoxy) is 1. The summed E-state index contributed by atoms with van der Waals surface area (Å²) in [6.45, 7) is 0.961. The summed E-state index contributed by atoms with van der Waals surface area (Å²) in [5, 5.41) is 3.17. The van der Waals surface area contributed by atoms with E-state index in [4.69, 9.17) is 4.74 Å². The second-order valence-corrected chi connectivity index (χ2v) is 9.84. The standard InChI is InChI=1S/C22H28N2O3S/c1-23-21-15-27-22-11-10-17(14-24-28(25,26)18-8-5-9-18)13-20(22)19(21)12-16-6-3-2-4-7-16/h2-4,6-7,10-11,13,18-19,21,23-24H,5,8-9,12,14-15H2,1H3/t19-,21-/m0/s1. The number of hydrogen-bond acceptors (Lipinski definition) is 4. The molecule has 1 saturated carbocycles. The minimum Gasteiger partial charge on any atom is -0.492 e. The summed E-state index contributed by atoms with van der Waals surface area (Å²) in [7, 11) is -1.25. The molecule has 0 unspecified atom stereocenters. The molecular formula is C22H28N2O3S. The van der Waals surface area contributed by atoms with Gasteiger partial charge in [-0.3, -0.25) is 0 Å². The van der Waals surface area contributed by atoms with Crippen molar-refractivity contribution < 1.29 is 13.2 Å². The van der Waals surface area contributed by atoms with E-state index in [1.807, 2.05) is 25.2 Å². The van der Waals surface area contributed by atoms with Gasteiger partial charge in [-0.15, -0.1) is 0 Å². The number of rotatable bonds is 7. The van der Waals surface area contributed by atoms with Crippen LogP contribution in [0, 0.1) is 0 Å². The van der Waals surface area contributed by atoms with E-state index in [0.29, 0.717) is 13.2 Å². The second kappa shape index (κ2) is 8.23. The molecular weight excluding hydrogens is 372 g/mol. The first-order valence-electron chi connectivity index (χ1n) is 10.0. The summed E-state index contributed by atoms with van der Waals surface area (Å²) in [6, 6.07) is 16.7. The van der Waals surface area contributed by atoms with Crippen LogP contribution in [0.2, 0.25) is 0 Å². The summed E-state index contributed by atoms with van der Waals surface area (Å²) in [4.78, 5) is 0. The first-order valence-corrected chi connectivity index (χ1v) is 11.6. The fourth-order valence-electron chi connectivity index (χ4n) is 4.03. The molecule has 0 spiro atoms. The Labute approximate surface area is 167 Å². The van der Waals surface area contributed by atoms with E-state index in [0.717, 1.165) is 42.6 Å². The third-order valence-electron chi connectivity index (χ3n) is 6.02. The Bertz CT molecular complexity index is 911. The SMILES string of the molecule is CN[C@H]1COc2ccc(CNS(=O)(=O)C3CCC3)cc2[C@@H]1Cc1ccccc1. The third kappa shape index (κ3) is 4.09. The monoisotopic (exact) mass is 400 g/mol. The van der Waals surface area contributed by atoms with E-state index in [1.165, 1.54) is 5.56 Å². The molecule has 28 heavy (non-hydrogen) atoms. The van der Waals surface area contributed by atoms with Crippen LogP contribution < -0.4 is 14.8 Å². The molecule has 2 aliphatic rings. The van der Waals surface area contributed by atoms with Crippen molar-refractivity contribution in [3.63, 3.8) is 0 Å². The number of nitrogens with one attached hydrogen (secondary N) is 2. The minimum atomic E-state index is -3.21. The van der Waals surface area contributed by atoms with Gasteiger partial charge in [-0.05, 0) is 49.1 Å². The first kappa shape index (κ1) is 19.4. The van der Waals surface area contributed by atoms with Crippen molar-refractivity contribution >= 4 is 10.0 Å². The van der Waals surface area contributed by atoms with Crippen LogP contribution >= 0.6 is 0 Å².